The number of phenols is 1. The lowest BCUT2D eigenvalue weighted by molar-refractivity contribution is -0.135. The molecule has 1 aliphatic heterocycles. The SMILES string of the molecule is O=C(O)CNC(=O)c1cc(O)cc(CC2=NCC(O)CN2)c1. The standard InChI is InChI=1S/C14H17N3O5/c18-10-2-8(3-12-15-5-11(19)6-16-12)1-9(4-10)14(22)17-7-13(20)21/h1-2,4,11,18-19H,3,5-7H2,(H,15,16)(H,17,22)(H,20,21). The van der Waals surface area contributed by atoms with E-state index in [0.29, 0.717) is 30.9 Å². The summed E-state index contributed by atoms with van der Waals surface area (Å²) in [5.41, 5.74) is 0.829. The second-order valence-electron chi connectivity index (χ2n) is 4.96. The molecule has 118 valence electrons. The number of benzene rings is 1. The number of carboxylic acids is 1. The number of carbonyl (C=O) groups excluding carboxylic acids is 1. The summed E-state index contributed by atoms with van der Waals surface area (Å²) in [6.07, 6.45) is -0.134. The van der Waals surface area contributed by atoms with Gasteiger partial charge in [0.25, 0.3) is 5.91 Å². The molecule has 1 amide bonds. The molecule has 2 rings (SSSR count). The average Bonchev–Trinajstić information content (AvgIpc) is 2.46. The number of nitrogens with one attached hydrogen (secondary N) is 2. The third-order valence-electron chi connectivity index (χ3n) is 3.05. The number of aromatic hydroxyl groups is 1. The average molecular weight is 307 g/mol. The molecule has 0 aromatic heterocycles. The van der Waals surface area contributed by atoms with E-state index < -0.39 is 24.5 Å². The minimum Gasteiger partial charge on any atom is -0.508 e. The molecule has 22 heavy (non-hydrogen) atoms. The van der Waals surface area contributed by atoms with Crippen LogP contribution in [0.25, 0.3) is 0 Å². The van der Waals surface area contributed by atoms with Crippen molar-refractivity contribution in [2.75, 3.05) is 19.6 Å². The Morgan fingerprint density at radius 3 is 2.77 bits per heavy atom. The molecule has 0 aliphatic carbocycles. The molecule has 0 saturated heterocycles. The van der Waals surface area contributed by atoms with Gasteiger partial charge in [-0.2, -0.15) is 0 Å². The largest absolute Gasteiger partial charge is 0.508 e. The molecule has 1 unspecified atom stereocenters. The van der Waals surface area contributed by atoms with Crippen LogP contribution in [0.5, 0.6) is 5.75 Å². The fourth-order valence-electron chi connectivity index (χ4n) is 2.05. The Kier molecular flexibility index (Phi) is 4.95. The van der Waals surface area contributed by atoms with Crippen molar-refractivity contribution in [3.63, 3.8) is 0 Å². The Bertz CT molecular complexity index is 614. The number of hydrogen-bond donors (Lipinski definition) is 5. The fourth-order valence-corrected chi connectivity index (χ4v) is 2.05. The lowest BCUT2D eigenvalue weighted by Crippen LogP contribution is -2.39. The maximum absolute atomic E-state index is 11.8. The summed E-state index contributed by atoms with van der Waals surface area (Å²) in [5, 5.41) is 32.8. The van der Waals surface area contributed by atoms with Gasteiger partial charge >= 0.3 is 5.97 Å². The number of aliphatic hydroxyl groups is 1. The Hall–Kier alpha value is -2.61. The van der Waals surface area contributed by atoms with Crippen LogP contribution < -0.4 is 10.6 Å². The molecule has 0 fully saturated rings. The van der Waals surface area contributed by atoms with Crippen molar-refractivity contribution in [1.29, 1.82) is 0 Å². The highest BCUT2D eigenvalue weighted by Crippen LogP contribution is 2.17. The lowest BCUT2D eigenvalue weighted by atomic mass is 10.1. The normalized spacial score (nSPS) is 17.3. The van der Waals surface area contributed by atoms with E-state index in [1.165, 1.54) is 12.1 Å². The monoisotopic (exact) mass is 307 g/mol. The number of aliphatic carboxylic acids is 1. The molecule has 1 atom stereocenters. The number of hydrogen-bond acceptors (Lipinski definition) is 6. The second kappa shape index (κ2) is 6.90. The molecule has 1 aromatic rings. The summed E-state index contributed by atoms with van der Waals surface area (Å²) in [6.45, 7) is 0.229. The molecule has 0 bridgehead atoms. The third-order valence-corrected chi connectivity index (χ3v) is 3.05. The van der Waals surface area contributed by atoms with E-state index in [0.717, 1.165) is 0 Å². The second-order valence-corrected chi connectivity index (χ2v) is 4.96. The number of aliphatic imine (C=N–C) groups is 1. The summed E-state index contributed by atoms with van der Waals surface area (Å²) in [7, 11) is 0. The van der Waals surface area contributed by atoms with Crippen molar-refractivity contribution in [2.24, 2.45) is 4.99 Å². The minimum absolute atomic E-state index is 0.0885. The topological polar surface area (TPSA) is 131 Å². The predicted octanol–water partition coefficient (Wildman–Crippen LogP) is -0.888. The number of amides is 1. The number of carbonyl (C=O) groups is 2. The van der Waals surface area contributed by atoms with Crippen molar-refractivity contribution >= 4 is 17.7 Å². The maximum Gasteiger partial charge on any atom is 0.322 e. The Morgan fingerprint density at radius 2 is 2.14 bits per heavy atom. The molecule has 5 N–H and O–H groups in total. The molecule has 0 radical (unpaired) electrons. The van der Waals surface area contributed by atoms with Crippen molar-refractivity contribution in [1.82, 2.24) is 10.6 Å². The molecule has 1 aliphatic rings. The van der Waals surface area contributed by atoms with E-state index >= 15 is 0 Å². The van der Waals surface area contributed by atoms with Crippen molar-refractivity contribution in [3.8, 4) is 5.75 Å². The van der Waals surface area contributed by atoms with Crippen LogP contribution in [-0.4, -0.2) is 58.8 Å². The van der Waals surface area contributed by atoms with E-state index in [2.05, 4.69) is 15.6 Å². The van der Waals surface area contributed by atoms with Gasteiger partial charge in [-0.25, -0.2) is 0 Å². The number of aliphatic hydroxyl groups excluding tert-OH is 1. The Balaban J connectivity index is 2.09. The maximum atomic E-state index is 11.8. The molecule has 1 heterocycles. The summed E-state index contributed by atoms with van der Waals surface area (Å²) in [5.74, 6) is -1.15. The number of phenolic OH excluding ortho intramolecular Hbond substituents is 1. The van der Waals surface area contributed by atoms with Gasteiger partial charge < -0.3 is 26.0 Å². The molecule has 0 saturated carbocycles. The zero-order valence-electron chi connectivity index (χ0n) is 11.7. The highest BCUT2D eigenvalue weighted by Gasteiger charge is 2.14. The summed E-state index contributed by atoms with van der Waals surface area (Å²) in [6, 6.07) is 4.33. The number of β-amino-alcohol motifs (C(OH)–C–C–N with tert-alkyl or cyclic N) is 1. The summed E-state index contributed by atoms with van der Waals surface area (Å²) in [4.78, 5) is 26.4. The first kappa shape index (κ1) is 15.8. The fraction of sp³-hybridized carbons (Fsp3) is 0.357. The Labute approximate surface area is 126 Å². The predicted molar refractivity (Wildman–Crippen MR) is 78.1 cm³/mol. The number of nitrogens with zero attached hydrogens (tertiary/aromatic N) is 1. The zero-order chi connectivity index (χ0) is 16.1. The van der Waals surface area contributed by atoms with Gasteiger partial charge in [0.05, 0.1) is 12.6 Å². The van der Waals surface area contributed by atoms with Crippen LogP contribution >= 0.6 is 0 Å². The van der Waals surface area contributed by atoms with Gasteiger partial charge in [0, 0.05) is 18.5 Å². The zero-order valence-corrected chi connectivity index (χ0v) is 11.7. The van der Waals surface area contributed by atoms with E-state index in [-0.39, 0.29) is 11.3 Å². The summed E-state index contributed by atoms with van der Waals surface area (Å²) < 4.78 is 0. The quantitative estimate of drug-likeness (QED) is 0.480. The van der Waals surface area contributed by atoms with E-state index in [1.54, 1.807) is 6.07 Å². The first-order valence-corrected chi connectivity index (χ1v) is 6.72. The van der Waals surface area contributed by atoms with Crippen LogP contribution in [-0.2, 0) is 11.2 Å². The van der Waals surface area contributed by atoms with Crippen LogP contribution in [0.1, 0.15) is 15.9 Å². The molecule has 1 aromatic carbocycles. The van der Waals surface area contributed by atoms with Crippen LogP contribution in [0.2, 0.25) is 0 Å². The van der Waals surface area contributed by atoms with Crippen molar-refractivity contribution in [2.45, 2.75) is 12.5 Å². The number of amidine groups is 1. The molecule has 0 spiro atoms. The van der Waals surface area contributed by atoms with Crippen LogP contribution in [0, 0.1) is 0 Å². The van der Waals surface area contributed by atoms with E-state index in [4.69, 9.17) is 5.11 Å². The molecule has 8 heteroatoms. The lowest BCUT2D eigenvalue weighted by Gasteiger charge is -2.19. The van der Waals surface area contributed by atoms with Crippen LogP contribution in [0.4, 0.5) is 0 Å². The van der Waals surface area contributed by atoms with Crippen LogP contribution in [0.15, 0.2) is 23.2 Å². The smallest absolute Gasteiger partial charge is 0.322 e. The number of rotatable bonds is 5. The van der Waals surface area contributed by atoms with E-state index in [1.807, 2.05) is 0 Å². The van der Waals surface area contributed by atoms with Gasteiger partial charge in [0.15, 0.2) is 0 Å². The molecule has 8 nitrogen and oxygen atoms in total. The van der Waals surface area contributed by atoms with Crippen LogP contribution in [0.3, 0.4) is 0 Å². The van der Waals surface area contributed by atoms with Gasteiger partial charge in [0.1, 0.15) is 18.1 Å². The highest BCUT2D eigenvalue weighted by molar-refractivity contribution is 5.96. The first-order chi connectivity index (χ1) is 10.4. The Morgan fingerprint density at radius 1 is 1.36 bits per heavy atom. The minimum atomic E-state index is -1.15. The van der Waals surface area contributed by atoms with Gasteiger partial charge in [-0.15, -0.1) is 0 Å². The van der Waals surface area contributed by atoms with Gasteiger partial charge in [-0.3, -0.25) is 14.6 Å². The van der Waals surface area contributed by atoms with Gasteiger partial charge in [-0.05, 0) is 23.8 Å². The van der Waals surface area contributed by atoms with Crippen molar-refractivity contribution < 1.29 is 24.9 Å². The van der Waals surface area contributed by atoms with Gasteiger partial charge in [0.2, 0.25) is 0 Å². The summed E-state index contributed by atoms with van der Waals surface area (Å²) >= 11 is 0. The van der Waals surface area contributed by atoms with Crippen molar-refractivity contribution in [3.05, 3.63) is 29.3 Å². The molecular formula is C14H17N3O5. The van der Waals surface area contributed by atoms with E-state index in [9.17, 15) is 19.8 Å². The highest BCUT2D eigenvalue weighted by atomic mass is 16.4. The number of carboxylic acid groups (broad SMARTS) is 1. The third kappa shape index (κ3) is 4.45. The first-order valence-electron chi connectivity index (χ1n) is 6.72. The van der Waals surface area contributed by atoms with Gasteiger partial charge in [-0.1, -0.05) is 0 Å². The molecular weight excluding hydrogens is 290 g/mol.